The Morgan fingerprint density at radius 3 is 2.71 bits per heavy atom. The van der Waals surface area contributed by atoms with E-state index in [2.05, 4.69) is 10.4 Å². The van der Waals surface area contributed by atoms with Gasteiger partial charge < -0.3 is 10.2 Å². The molecule has 0 fully saturated rings. The van der Waals surface area contributed by atoms with E-state index >= 15 is 0 Å². The molecule has 2 rings (SSSR count). The second-order valence-corrected chi connectivity index (χ2v) is 5.46. The predicted molar refractivity (Wildman–Crippen MR) is 86.8 cm³/mol. The van der Waals surface area contributed by atoms with Gasteiger partial charge in [0.15, 0.2) is 5.11 Å². The van der Waals surface area contributed by atoms with Crippen LogP contribution in [0.25, 0.3) is 0 Å². The zero-order valence-electron chi connectivity index (χ0n) is 12.6. The predicted octanol–water partition coefficient (Wildman–Crippen LogP) is 3.00. The van der Waals surface area contributed by atoms with Gasteiger partial charge in [0.2, 0.25) is 0 Å². The lowest BCUT2D eigenvalue weighted by Gasteiger charge is -2.21. The number of thiocarbonyl (C=S) groups is 1. The lowest BCUT2D eigenvalue weighted by atomic mass is 10.2. The van der Waals surface area contributed by atoms with Crippen LogP contribution >= 0.6 is 12.2 Å². The summed E-state index contributed by atoms with van der Waals surface area (Å²) in [5, 5.41) is 7.98. The first-order valence-corrected chi connectivity index (χ1v) is 7.06. The minimum atomic E-state index is -0.288. The maximum atomic E-state index is 13.2. The Morgan fingerprint density at radius 1 is 1.43 bits per heavy atom. The van der Waals surface area contributed by atoms with E-state index in [4.69, 9.17) is 12.2 Å². The molecule has 0 aliphatic carbocycles. The lowest BCUT2D eigenvalue weighted by molar-refractivity contribution is 0.505. The van der Waals surface area contributed by atoms with Crippen LogP contribution in [0, 0.1) is 19.7 Å². The third-order valence-corrected chi connectivity index (χ3v) is 3.89. The molecule has 1 aromatic carbocycles. The van der Waals surface area contributed by atoms with Gasteiger partial charge in [-0.2, -0.15) is 5.10 Å². The highest BCUT2D eigenvalue weighted by molar-refractivity contribution is 7.80. The Bertz CT molecular complexity index is 666. The average Bonchev–Trinajstić information content (AvgIpc) is 2.65. The fourth-order valence-corrected chi connectivity index (χ4v) is 2.32. The number of aromatic nitrogens is 2. The van der Waals surface area contributed by atoms with E-state index in [-0.39, 0.29) is 5.82 Å². The quantitative estimate of drug-likeness (QED) is 0.884. The smallest absolute Gasteiger partial charge is 0.173 e. The number of anilines is 1. The SMILES string of the molecule is Cc1nn(C)c(C)c1CN(C)C(=S)Nc1cccc(F)c1. The number of rotatable bonds is 3. The van der Waals surface area contributed by atoms with E-state index in [1.54, 1.807) is 12.1 Å². The van der Waals surface area contributed by atoms with Crippen LogP contribution in [0.1, 0.15) is 17.0 Å². The largest absolute Gasteiger partial charge is 0.348 e. The summed E-state index contributed by atoms with van der Waals surface area (Å²) in [6.07, 6.45) is 0. The van der Waals surface area contributed by atoms with Crippen LogP contribution < -0.4 is 5.32 Å². The summed E-state index contributed by atoms with van der Waals surface area (Å²) in [6.45, 7) is 4.68. The second kappa shape index (κ2) is 6.22. The van der Waals surface area contributed by atoms with Gasteiger partial charge in [-0.1, -0.05) is 6.07 Å². The van der Waals surface area contributed by atoms with Crippen LogP contribution in [0.5, 0.6) is 0 Å². The summed E-state index contributed by atoms with van der Waals surface area (Å²) in [5.41, 5.74) is 3.91. The van der Waals surface area contributed by atoms with Crippen LogP contribution in [-0.4, -0.2) is 26.8 Å². The standard InChI is InChI=1S/C15H19FN4S/c1-10-14(11(2)20(4)18-10)9-19(3)15(21)17-13-7-5-6-12(16)8-13/h5-8H,9H2,1-4H3,(H,17,21). The molecule has 0 unspecified atom stereocenters. The molecule has 0 amide bonds. The van der Waals surface area contributed by atoms with Gasteiger partial charge in [-0.25, -0.2) is 4.39 Å². The van der Waals surface area contributed by atoms with Crippen LogP contribution in [0.4, 0.5) is 10.1 Å². The van der Waals surface area contributed by atoms with Crippen molar-refractivity contribution in [3.63, 3.8) is 0 Å². The van der Waals surface area contributed by atoms with Gasteiger partial charge in [0, 0.05) is 37.6 Å². The number of hydrogen-bond acceptors (Lipinski definition) is 2. The molecule has 0 spiro atoms. The van der Waals surface area contributed by atoms with E-state index in [1.807, 2.05) is 37.5 Å². The molecule has 6 heteroatoms. The van der Waals surface area contributed by atoms with Gasteiger partial charge >= 0.3 is 0 Å². The molecule has 112 valence electrons. The molecule has 1 N–H and O–H groups in total. The van der Waals surface area contributed by atoms with Gasteiger partial charge in [0.05, 0.1) is 5.69 Å². The van der Waals surface area contributed by atoms with Crippen LogP contribution in [0.3, 0.4) is 0 Å². The van der Waals surface area contributed by atoms with Gasteiger partial charge in [0.1, 0.15) is 5.82 Å². The van der Waals surface area contributed by atoms with E-state index in [0.717, 1.165) is 17.0 Å². The average molecular weight is 306 g/mol. The first kappa shape index (κ1) is 15.4. The molecule has 1 heterocycles. The van der Waals surface area contributed by atoms with Crippen LogP contribution in [-0.2, 0) is 13.6 Å². The number of nitrogens with one attached hydrogen (secondary N) is 1. The molecule has 4 nitrogen and oxygen atoms in total. The Labute approximate surface area is 129 Å². The topological polar surface area (TPSA) is 33.1 Å². The Kier molecular flexibility index (Phi) is 4.57. The molecule has 0 bridgehead atoms. The maximum absolute atomic E-state index is 13.2. The lowest BCUT2D eigenvalue weighted by Crippen LogP contribution is -2.31. The molecule has 0 aliphatic rings. The van der Waals surface area contributed by atoms with Gasteiger partial charge in [-0.15, -0.1) is 0 Å². The van der Waals surface area contributed by atoms with Gasteiger partial charge in [-0.05, 0) is 44.3 Å². The Balaban J connectivity index is 2.06. The van der Waals surface area contributed by atoms with E-state index in [1.165, 1.54) is 12.1 Å². The van der Waals surface area contributed by atoms with Crippen molar-refractivity contribution in [1.82, 2.24) is 14.7 Å². The van der Waals surface area contributed by atoms with Crippen molar-refractivity contribution in [1.29, 1.82) is 0 Å². The van der Waals surface area contributed by atoms with Crippen molar-refractivity contribution in [3.05, 3.63) is 47.0 Å². The van der Waals surface area contributed by atoms with E-state index in [0.29, 0.717) is 17.3 Å². The number of benzene rings is 1. The van der Waals surface area contributed by atoms with Crippen molar-refractivity contribution in [2.45, 2.75) is 20.4 Å². The zero-order valence-corrected chi connectivity index (χ0v) is 13.5. The van der Waals surface area contributed by atoms with E-state index < -0.39 is 0 Å². The third kappa shape index (κ3) is 3.58. The minimum absolute atomic E-state index is 0.288. The molecule has 2 aromatic rings. The molecule has 0 saturated heterocycles. The minimum Gasteiger partial charge on any atom is -0.348 e. The highest BCUT2D eigenvalue weighted by atomic mass is 32.1. The van der Waals surface area contributed by atoms with Crippen LogP contribution in [0.2, 0.25) is 0 Å². The second-order valence-electron chi connectivity index (χ2n) is 5.07. The monoisotopic (exact) mass is 306 g/mol. The van der Waals surface area contributed by atoms with Crippen molar-refractivity contribution < 1.29 is 4.39 Å². The summed E-state index contributed by atoms with van der Waals surface area (Å²) in [4.78, 5) is 1.91. The van der Waals surface area contributed by atoms with Crippen molar-refractivity contribution in [2.24, 2.45) is 7.05 Å². The normalized spacial score (nSPS) is 10.5. The fraction of sp³-hybridized carbons (Fsp3) is 0.333. The van der Waals surface area contributed by atoms with Crippen molar-refractivity contribution in [2.75, 3.05) is 12.4 Å². The summed E-state index contributed by atoms with van der Waals surface area (Å²) in [6, 6.07) is 6.25. The van der Waals surface area contributed by atoms with Gasteiger partial charge in [0.25, 0.3) is 0 Å². The van der Waals surface area contributed by atoms with Gasteiger partial charge in [-0.3, -0.25) is 4.68 Å². The first-order valence-electron chi connectivity index (χ1n) is 6.65. The highest BCUT2D eigenvalue weighted by Gasteiger charge is 2.13. The summed E-state index contributed by atoms with van der Waals surface area (Å²) < 4.78 is 15.0. The zero-order chi connectivity index (χ0) is 15.6. The molecule has 0 aliphatic heterocycles. The Morgan fingerprint density at radius 2 is 2.14 bits per heavy atom. The third-order valence-electron chi connectivity index (χ3n) is 3.48. The summed E-state index contributed by atoms with van der Waals surface area (Å²) in [7, 11) is 3.83. The van der Waals surface area contributed by atoms with Crippen molar-refractivity contribution in [3.8, 4) is 0 Å². The summed E-state index contributed by atoms with van der Waals surface area (Å²) >= 11 is 5.36. The highest BCUT2D eigenvalue weighted by Crippen LogP contribution is 2.15. The van der Waals surface area contributed by atoms with Crippen LogP contribution in [0.15, 0.2) is 24.3 Å². The van der Waals surface area contributed by atoms with Crippen molar-refractivity contribution >= 4 is 23.0 Å². The molecule has 1 aromatic heterocycles. The Hall–Kier alpha value is -1.95. The molecular weight excluding hydrogens is 287 g/mol. The summed E-state index contributed by atoms with van der Waals surface area (Å²) in [5.74, 6) is -0.288. The number of hydrogen-bond donors (Lipinski definition) is 1. The molecule has 0 saturated carbocycles. The molecule has 0 radical (unpaired) electrons. The fourth-order valence-electron chi connectivity index (χ4n) is 2.14. The first-order chi connectivity index (χ1) is 9.88. The maximum Gasteiger partial charge on any atom is 0.173 e. The molecular formula is C15H19FN4S. The number of nitrogens with zero attached hydrogens (tertiary/aromatic N) is 3. The van der Waals surface area contributed by atoms with E-state index in [9.17, 15) is 4.39 Å². The molecule has 21 heavy (non-hydrogen) atoms. The number of halogens is 1. The molecule has 0 atom stereocenters. The number of aryl methyl sites for hydroxylation is 2.